The van der Waals surface area contributed by atoms with Crippen LogP contribution in [0.1, 0.15) is 322 Å². The zero-order valence-corrected chi connectivity index (χ0v) is 50.5. The summed E-state index contributed by atoms with van der Waals surface area (Å²) in [6.07, 6.45) is 100. The van der Waals surface area contributed by atoms with Crippen LogP contribution in [0.3, 0.4) is 0 Å². The normalized spacial score (nSPS) is 13.5. The monoisotopic (exact) mass is 1050 g/mol. The zero-order valence-electron chi connectivity index (χ0n) is 50.5. The van der Waals surface area contributed by atoms with E-state index in [1.165, 1.54) is 225 Å². The smallest absolute Gasteiger partial charge is 0.220 e. The van der Waals surface area contributed by atoms with Gasteiger partial charge in [0.25, 0.3) is 0 Å². The number of unbranched alkanes of at least 4 members (excludes halogenated alkanes) is 37. The van der Waals surface area contributed by atoms with Crippen molar-refractivity contribution < 1.29 is 15.0 Å². The number of hydrogen-bond acceptors (Lipinski definition) is 3. The predicted molar refractivity (Wildman–Crippen MR) is 340 cm³/mol. The number of carbonyl (C=O) groups excluding carboxylic acids is 1. The Morgan fingerprint density at radius 3 is 0.868 bits per heavy atom. The first kappa shape index (κ1) is 73.0. The molecule has 0 spiro atoms. The fourth-order valence-corrected chi connectivity index (χ4v) is 9.79. The molecule has 0 fully saturated rings. The molecule has 0 aliphatic heterocycles. The third-order valence-corrected chi connectivity index (χ3v) is 14.8. The van der Waals surface area contributed by atoms with Crippen LogP contribution in [0.15, 0.2) is 109 Å². The average molecular weight is 1050 g/mol. The van der Waals surface area contributed by atoms with Crippen LogP contribution in [-0.4, -0.2) is 34.9 Å². The molecule has 2 atom stereocenters. The number of allylic oxidation sites excluding steroid dienone is 17. The summed E-state index contributed by atoms with van der Waals surface area (Å²) >= 11 is 0. The Labute approximate surface area is 474 Å². The van der Waals surface area contributed by atoms with Gasteiger partial charge < -0.3 is 15.5 Å². The lowest BCUT2D eigenvalue weighted by molar-refractivity contribution is -0.123. The number of nitrogens with one attached hydrogen (secondary N) is 1. The maximum Gasteiger partial charge on any atom is 0.220 e. The molecule has 1 amide bonds. The molecule has 0 aliphatic rings. The summed E-state index contributed by atoms with van der Waals surface area (Å²) in [6, 6.07) is -0.629. The summed E-state index contributed by atoms with van der Waals surface area (Å²) in [7, 11) is 0. The number of hydrogen-bond donors (Lipinski definition) is 3. The molecule has 4 nitrogen and oxygen atoms in total. The molecule has 2 unspecified atom stereocenters. The molecule has 0 saturated heterocycles. The fourth-order valence-electron chi connectivity index (χ4n) is 9.79. The molecule has 0 aromatic carbocycles. The van der Waals surface area contributed by atoms with E-state index in [9.17, 15) is 15.0 Å². The van der Waals surface area contributed by atoms with Crippen molar-refractivity contribution in [2.75, 3.05) is 6.61 Å². The molecular formula is C72H127NO3. The average Bonchev–Trinajstić information content (AvgIpc) is 3.42. The number of rotatable bonds is 60. The van der Waals surface area contributed by atoms with E-state index in [4.69, 9.17) is 0 Å². The lowest BCUT2D eigenvalue weighted by Crippen LogP contribution is -2.45. The van der Waals surface area contributed by atoms with Crippen molar-refractivity contribution in [3.05, 3.63) is 109 Å². The Kier molecular flexibility index (Phi) is 63.8. The molecule has 3 N–H and O–H groups in total. The van der Waals surface area contributed by atoms with Crippen LogP contribution >= 0.6 is 0 Å². The SMILES string of the molecule is CC/C=C\C/C=C\C/C=C\C/C=C\C/C=C\C/C=C\C/C=C\C/C=C\CCCCCCCCCCCCCCCCC(=O)NC(CO)C(O)/C=C/CCCCCCCCCCCCCCCCCCCCCCCCC. The summed E-state index contributed by atoms with van der Waals surface area (Å²) in [5.41, 5.74) is 0. The van der Waals surface area contributed by atoms with Crippen molar-refractivity contribution in [1.82, 2.24) is 5.32 Å². The van der Waals surface area contributed by atoms with Crippen LogP contribution in [0.2, 0.25) is 0 Å². The summed E-state index contributed by atoms with van der Waals surface area (Å²) in [4.78, 5) is 12.5. The summed E-state index contributed by atoms with van der Waals surface area (Å²) in [5.74, 6) is -0.0644. The molecule has 76 heavy (non-hydrogen) atoms. The standard InChI is InChI=1S/C72H127NO3/c1-3-5-7-9-11-13-15-17-19-21-23-25-27-29-30-31-32-33-34-35-36-37-38-39-40-41-42-44-46-48-50-52-54-56-58-60-62-64-66-68-72(76)73-70(69-74)71(75)67-65-63-61-59-57-55-53-51-49-47-45-43-28-26-24-22-20-18-16-14-12-10-8-6-4-2/h5,7,11,13,17,19,23,25,29-30,32-33,35-36,38-39,65,67,70-71,74-75H,3-4,6,8-10,12,14-16,18,20-22,24,26-28,31,34,37,40-64,66,68-69H2,1-2H3,(H,73,76)/b7-5-,13-11-,19-17-,25-23-,30-29-,33-32-,36-35-,39-38-,67-65+. The molecule has 0 saturated carbocycles. The largest absolute Gasteiger partial charge is 0.394 e. The van der Waals surface area contributed by atoms with Crippen molar-refractivity contribution >= 4 is 5.91 Å². The van der Waals surface area contributed by atoms with E-state index in [-0.39, 0.29) is 12.5 Å². The minimum Gasteiger partial charge on any atom is -0.394 e. The van der Waals surface area contributed by atoms with Crippen molar-refractivity contribution in [2.45, 2.75) is 334 Å². The van der Waals surface area contributed by atoms with E-state index in [0.717, 1.165) is 77.0 Å². The maximum atomic E-state index is 12.5. The van der Waals surface area contributed by atoms with Crippen molar-refractivity contribution in [1.29, 1.82) is 0 Å². The van der Waals surface area contributed by atoms with Gasteiger partial charge in [-0.2, -0.15) is 0 Å². The van der Waals surface area contributed by atoms with Crippen LogP contribution in [0.4, 0.5) is 0 Å². The Balaban J connectivity index is 3.52. The molecule has 0 radical (unpaired) electrons. The highest BCUT2D eigenvalue weighted by molar-refractivity contribution is 5.76. The van der Waals surface area contributed by atoms with Gasteiger partial charge in [0.1, 0.15) is 0 Å². The number of aliphatic hydroxyl groups excluding tert-OH is 2. The Bertz CT molecular complexity index is 1430. The van der Waals surface area contributed by atoms with E-state index >= 15 is 0 Å². The second-order valence-electron chi connectivity index (χ2n) is 22.2. The summed E-state index contributed by atoms with van der Waals surface area (Å²) in [6.45, 7) is 4.22. The summed E-state index contributed by atoms with van der Waals surface area (Å²) < 4.78 is 0. The van der Waals surface area contributed by atoms with Crippen LogP contribution in [0.25, 0.3) is 0 Å². The maximum absolute atomic E-state index is 12.5. The first-order valence-electron chi connectivity index (χ1n) is 33.1. The molecule has 4 heteroatoms. The van der Waals surface area contributed by atoms with Gasteiger partial charge in [0.2, 0.25) is 5.91 Å². The van der Waals surface area contributed by atoms with Gasteiger partial charge in [-0.15, -0.1) is 0 Å². The highest BCUT2D eigenvalue weighted by Crippen LogP contribution is 2.17. The third-order valence-electron chi connectivity index (χ3n) is 14.8. The Morgan fingerprint density at radius 2 is 0.579 bits per heavy atom. The lowest BCUT2D eigenvalue weighted by atomic mass is 10.0. The molecule has 0 aromatic heterocycles. The zero-order chi connectivity index (χ0) is 54.8. The molecular weight excluding hydrogens is 927 g/mol. The van der Waals surface area contributed by atoms with Crippen molar-refractivity contribution in [3.8, 4) is 0 Å². The third kappa shape index (κ3) is 61.9. The van der Waals surface area contributed by atoms with Gasteiger partial charge in [-0.1, -0.05) is 342 Å². The van der Waals surface area contributed by atoms with Crippen LogP contribution < -0.4 is 5.32 Å². The quantitative estimate of drug-likeness (QED) is 0.0420. The number of aliphatic hydroxyl groups is 2. The van der Waals surface area contributed by atoms with E-state index in [0.29, 0.717) is 6.42 Å². The van der Waals surface area contributed by atoms with Gasteiger partial charge in [0, 0.05) is 6.42 Å². The van der Waals surface area contributed by atoms with E-state index in [1.54, 1.807) is 6.08 Å². The Hall–Kier alpha value is -2.95. The number of carbonyl (C=O) groups is 1. The second-order valence-corrected chi connectivity index (χ2v) is 22.2. The van der Waals surface area contributed by atoms with Gasteiger partial charge in [-0.05, 0) is 83.5 Å². The van der Waals surface area contributed by atoms with Gasteiger partial charge in [-0.25, -0.2) is 0 Å². The molecule has 0 bridgehead atoms. The summed E-state index contributed by atoms with van der Waals surface area (Å²) in [5, 5.41) is 23.3. The topological polar surface area (TPSA) is 69.6 Å². The van der Waals surface area contributed by atoms with Gasteiger partial charge >= 0.3 is 0 Å². The molecule has 438 valence electrons. The molecule has 0 aliphatic carbocycles. The van der Waals surface area contributed by atoms with Gasteiger partial charge in [0.05, 0.1) is 18.8 Å². The molecule has 0 heterocycles. The minimum absolute atomic E-state index is 0.0644. The van der Waals surface area contributed by atoms with Crippen LogP contribution in [-0.2, 0) is 4.79 Å². The van der Waals surface area contributed by atoms with Gasteiger partial charge in [0.15, 0.2) is 0 Å². The van der Waals surface area contributed by atoms with Crippen LogP contribution in [0.5, 0.6) is 0 Å². The number of amides is 1. The highest BCUT2D eigenvalue weighted by atomic mass is 16.3. The second kappa shape index (κ2) is 66.3. The van der Waals surface area contributed by atoms with E-state index in [2.05, 4.69) is 116 Å². The predicted octanol–water partition coefficient (Wildman–Crippen LogP) is 22.6. The van der Waals surface area contributed by atoms with Crippen molar-refractivity contribution in [3.63, 3.8) is 0 Å². The Morgan fingerprint density at radius 1 is 0.329 bits per heavy atom. The molecule has 0 rings (SSSR count). The van der Waals surface area contributed by atoms with Gasteiger partial charge in [-0.3, -0.25) is 4.79 Å². The molecule has 0 aromatic rings. The first-order valence-corrected chi connectivity index (χ1v) is 33.1. The lowest BCUT2D eigenvalue weighted by Gasteiger charge is -2.20. The van der Waals surface area contributed by atoms with E-state index in [1.807, 2.05) is 6.08 Å². The minimum atomic E-state index is -0.846. The fraction of sp³-hybridized carbons (Fsp3) is 0.736. The first-order chi connectivity index (χ1) is 37.7. The highest BCUT2D eigenvalue weighted by Gasteiger charge is 2.18. The van der Waals surface area contributed by atoms with E-state index < -0.39 is 12.1 Å². The van der Waals surface area contributed by atoms with Crippen molar-refractivity contribution in [2.24, 2.45) is 0 Å². The van der Waals surface area contributed by atoms with Crippen LogP contribution in [0, 0.1) is 0 Å².